The zero-order valence-electron chi connectivity index (χ0n) is 8.58. The third-order valence-electron chi connectivity index (χ3n) is 2.99. The highest BCUT2D eigenvalue weighted by atomic mass is 19.4. The number of halogens is 7. The lowest BCUT2D eigenvalue weighted by molar-refractivity contribution is -0.374. The van der Waals surface area contributed by atoms with Crippen LogP contribution in [-0.2, 0) is 0 Å². The minimum absolute atomic E-state index is 0.0324. The normalized spacial score (nSPS) is 21.9. The van der Waals surface area contributed by atoms with Crippen molar-refractivity contribution < 1.29 is 35.8 Å². The van der Waals surface area contributed by atoms with Crippen molar-refractivity contribution in [3.05, 3.63) is 0 Å². The van der Waals surface area contributed by atoms with E-state index in [2.05, 4.69) is 0 Å². The Morgan fingerprint density at radius 3 is 1.65 bits per heavy atom. The molecular formula is C9H11F7O. The Bertz CT molecular complexity index is 267. The van der Waals surface area contributed by atoms with Gasteiger partial charge in [0.1, 0.15) is 6.10 Å². The second-order valence-corrected chi connectivity index (χ2v) is 4.18. The molecule has 1 nitrogen and oxygen atoms in total. The van der Waals surface area contributed by atoms with Gasteiger partial charge in [0, 0.05) is 0 Å². The number of alkyl halides is 7. The summed E-state index contributed by atoms with van der Waals surface area (Å²) in [5, 5.41) is 9.05. The summed E-state index contributed by atoms with van der Waals surface area (Å²) >= 11 is 0. The minimum atomic E-state index is -6.38. The molecule has 0 bridgehead atoms. The van der Waals surface area contributed by atoms with Crippen LogP contribution in [0.2, 0.25) is 0 Å². The summed E-state index contributed by atoms with van der Waals surface area (Å²) in [6.45, 7) is 0. The lowest BCUT2D eigenvalue weighted by atomic mass is 9.92. The van der Waals surface area contributed by atoms with Crippen LogP contribution < -0.4 is 0 Å². The summed E-state index contributed by atoms with van der Waals surface area (Å²) in [7, 11) is 0. The van der Waals surface area contributed by atoms with Gasteiger partial charge in [-0.2, -0.15) is 30.7 Å². The fraction of sp³-hybridized carbons (Fsp3) is 1.00. The molecule has 1 rings (SSSR count). The summed E-state index contributed by atoms with van der Waals surface area (Å²) in [6.07, 6.45) is -8.40. The maximum atomic E-state index is 13.0. The molecule has 0 aromatic rings. The van der Waals surface area contributed by atoms with Crippen LogP contribution in [0.3, 0.4) is 0 Å². The van der Waals surface area contributed by atoms with E-state index in [0.717, 1.165) is 0 Å². The molecule has 0 aromatic carbocycles. The van der Waals surface area contributed by atoms with Gasteiger partial charge < -0.3 is 5.11 Å². The largest absolute Gasteiger partial charge is 0.459 e. The first-order valence-electron chi connectivity index (χ1n) is 5.02. The molecule has 0 aliphatic heterocycles. The number of rotatable bonds is 3. The molecule has 0 saturated heterocycles. The highest BCUT2D eigenvalue weighted by molar-refractivity contribution is 4.98. The van der Waals surface area contributed by atoms with Crippen LogP contribution in [0.4, 0.5) is 30.7 Å². The summed E-state index contributed by atoms with van der Waals surface area (Å²) in [5.74, 6) is -12.9. The van der Waals surface area contributed by atoms with E-state index in [4.69, 9.17) is 5.11 Å². The lowest BCUT2D eigenvalue weighted by Crippen LogP contribution is -2.59. The van der Waals surface area contributed by atoms with Crippen LogP contribution in [0.5, 0.6) is 0 Å². The summed E-state index contributed by atoms with van der Waals surface area (Å²) in [6, 6.07) is 0. The molecule has 1 N–H and O–H groups in total. The van der Waals surface area contributed by atoms with Crippen LogP contribution in [0.1, 0.15) is 25.7 Å². The number of hydrogen-bond acceptors (Lipinski definition) is 1. The Kier molecular flexibility index (Phi) is 3.67. The van der Waals surface area contributed by atoms with Crippen molar-refractivity contribution >= 4 is 0 Å². The molecule has 102 valence electrons. The topological polar surface area (TPSA) is 20.2 Å². The summed E-state index contributed by atoms with van der Waals surface area (Å²) in [5.41, 5.74) is 0. The van der Waals surface area contributed by atoms with Crippen molar-refractivity contribution in [3.63, 3.8) is 0 Å². The van der Waals surface area contributed by atoms with Gasteiger partial charge in [-0.3, -0.25) is 0 Å². The molecule has 0 amide bonds. The molecule has 1 aliphatic rings. The fourth-order valence-corrected chi connectivity index (χ4v) is 1.94. The maximum Gasteiger partial charge on any atom is 0.459 e. The Morgan fingerprint density at radius 1 is 0.882 bits per heavy atom. The van der Waals surface area contributed by atoms with Gasteiger partial charge in [-0.1, -0.05) is 12.8 Å². The Labute approximate surface area is 92.6 Å². The smallest absolute Gasteiger partial charge is 0.386 e. The van der Waals surface area contributed by atoms with E-state index in [1.165, 1.54) is 0 Å². The zero-order valence-corrected chi connectivity index (χ0v) is 8.58. The van der Waals surface area contributed by atoms with E-state index in [9.17, 15) is 30.7 Å². The highest BCUT2D eigenvalue weighted by Gasteiger charge is 2.75. The average Bonchev–Trinajstić information content (AvgIpc) is 2.66. The van der Waals surface area contributed by atoms with Crippen LogP contribution in [-0.4, -0.2) is 29.2 Å². The van der Waals surface area contributed by atoms with Crippen molar-refractivity contribution in [1.82, 2.24) is 0 Å². The highest BCUT2D eigenvalue weighted by Crippen LogP contribution is 2.50. The van der Waals surface area contributed by atoms with E-state index < -0.39 is 30.0 Å². The average molecular weight is 268 g/mol. The lowest BCUT2D eigenvalue weighted by Gasteiger charge is -2.33. The Morgan fingerprint density at radius 2 is 1.29 bits per heavy atom. The third-order valence-corrected chi connectivity index (χ3v) is 2.99. The van der Waals surface area contributed by atoms with Gasteiger partial charge in [0.05, 0.1) is 0 Å². The van der Waals surface area contributed by atoms with E-state index in [-0.39, 0.29) is 12.8 Å². The van der Waals surface area contributed by atoms with Crippen LogP contribution in [0.25, 0.3) is 0 Å². The standard InChI is InChI=1S/C9H11F7O/c10-7(11,8(12,13)9(14,15)16)6(17)5-3-1-2-4-5/h5-6,17H,1-4H2. The van der Waals surface area contributed by atoms with Crippen LogP contribution >= 0.6 is 0 Å². The van der Waals surface area contributed by atoms with Gasteiger partial charge in [-0.05, 0) is 18.8 Å². The SMILES string of the molecule is OC(C1CCCC1)C(F)(F)C(F)(F)C(F)(F)F. The molecular weight excluding hydrogens is 257 g/mol. The quantitative estimate of drug-likeness (QED) is 0.778. The van der Waals surface area contributed by atoms with Crippen molar-refractivity contribution in [2.75, 3.05) is 0 Å². The predicted octanol–water partition coefficient (Wildman–Crippen LogP) is 3.37. The molecule has 0 radical (unpaired) electrons. The second-order valence-electron chi connectivity index (χ2n) is 4.18. The first kappa shape index (κ1) is 14.5. The zero-order chi connectivity index (χ0) is 13.5. The van der Waals surface area contributed by atoms with E-state index in [1.807, 2.05) is 0 Å². The summed E-state index contributed by atoms with van der Waals surface area (Å²) < 4.78 is 86.7. The first-order valence-corrected chi connectivity index (χ1v) is 5.02. The number of aliphatic hydroxyl groups excluding tert-OH is 1. The van der Waals surface area contributed by atoms with Crippen LogP contribution in [0.15, 0.2) is 0 Å². The van der Waals surface area contributed by atoms with Crippen molar-refractivity contribution in [2.45, 2.75) is 49.8 Å². The molecule has 0 heterocycles. The van der Waals surface area contributed by atoms with E-state index in [0.29, 0.717) is 12.8 Å². The molecule has 0 spiro atoms. The van der Waals surface area contributed by atoms with Crippen molar-refractivity contribution in [3.8, 4) is 0 Å². The second kappa shape index (κ2) is 4.29. The third kappa shape index (κ3) is 2.36. The molecule has 1 aliphatic carbocycles. The van der Waals surface area contributed by atoms with Gasteiger partial charge >= 0.3 is 18.0 Å². The molecule has 17 heavy (non-hydrogen) atoms. The van der Waals surface area contributed by atoms with Gasteiger partial charge in [0.15, 0.2) is 0 Å². The fourth-order valence-electron chi connectivity index (χ4n) is 1.94. The maximum absolute atomic E-state index is 13.0. The van der Waals surface area contributed by atoms with Crippen molar-refractivity contribution in [1.29, 1.82) is 0 Å². The predicted molar refractivity (Wildman–Crippen MR) is 43.9 cm³/mol. The number of hydrogen-bond donors (Lipinski definition) is 1. The first-order chi connectivity index (χ1) is 7.52. The van der Waals surface area contributed by atoms with Gasteiger partial charge in [0.2, 0.25) is 0 Å². The Balaban J connectivity index is 2.92. The molecule has 0 aromatic heterocycles. The molecule has 1 atom stereocenters. The summed E-state index contributed by atoms with van der Waals surface area (Å²) in [4.78, 5) is 0. The molecule has 1 fully saturated rings. The minimum Gasteiger partial charge on any atom is -0.386 e. The van der Waals surface area contributed by atoms with Gasteiger partial charge in [-0.25, -0.2) is 0 Å². The molecule has 8 heteroatoms. The molecule has 1 saturated carbocycles. The van der Waals surface area contributed by atoms with Crippen molar-refractivity contribution in [2.24, 2.45) is 5.92 Å². The van der Waals surface area contributed by atoms with Gasteiger partial charge in [-0.15, -0.1) is 0 Å². The van der Waals surface area contributed by atoms with Crippen LogP contribution in [0, 0.1) is 5.92 Å². The Hall–Kier alpha value is -0.530. The molecule has 1 unspecified atom stereocenters. The van der Waals surface area contributed by atoms with Gasteiger partial charge in [0.25, 0.3) is 0 Å². The van der Waals surface area contributed by atoms with E-state index in [1.54, 1.807) is 0 Å². The number of aliphatic hydroxyl groups is 1. The monoisotopic (exact) mass is 268 g/mol. The van der Waals surface area contributed by atoms with E-state index >= 15 is 0 Å².